The molecule has 10 rings (SSSR count). The number of ether oxygens (including phenoxy) is 8. The van der Waals surface area contributed by atoms with E-state index in [2.05, 4.69) is 9.80 Å². The summed E-state index contributed by atoms with van der Waals surface area (Å²) in [5.41, 5.74) is -0.705. The molecule has 58 heavy (non-hydrogen) atoms. The molecule has 4 aliphatic heterocycles. The minimum absolute atomic E-state index is 0.00703. The van der Waals surface area contributed by atoms with E-state index in [4.69, 9.17) is 37.9 Å². The van der Waals surface area contributed by atoms with Gasteiger partial charge in [0, 0.05) is 29.4 Å². The highest BCUT2D eigenvalue weighted by molar-refractivity contribution is 5.91. The first kappa shape index (κ1) is 37.7. The maximum Gasteiger partial charge on any atom is 0.508 e. The van der Waals surface area contributed by atoms with Gasteiger partial charge >= 0.3 is 12.3 Å². The van der Waals surface area contributed by atoms with Crippen molar-refractivity contribution in [3.63, 3.8) is 0 Å². The topological polar surface area (TPSA) is 149 Å². The first-order chi connectivity index (χ1) is 27.8. The van der Waals surface area contributed by atoms with E-state index in [-0.39, 0.29) is 49.7 Å². The summed E-state index contributed by atoms with van der Waals surface area (Å²) in [6.07, 6.45) is 0.725. The van der Waals surface area contributed by atoms with E-state index in [1.807, 2.05) is 52.2 Å². The second kappa shape index (κ2) is 12.7. The van der Waals surface area contributed by atoms with Gasteiger partial charge in [0.2, 0.25) is 0 Å². The van der Waals surface area contributed by atoms with Gasteiger partial charge in [-0.3, -0.25) is 19.4 Å². The lowest BCUT2D eigenvalue weighted by atomic mass is 9.49. The molecule has 2 spiro atoms. The molecule has 2 aromatic rings. The first-order valence-corrected chi connectivity index (χ1v) is 20.7. The number of ketones is 2. The van der Waals surface area contributed by atoms with Gasteiger partial charge in [-0.25, -0.2) is 9.59 Å². The van der Waals surface area contributed by atoms with Gasteiger partial charge in [0.15, 0.2) is 46.8 Å². The largest absolute Gasteiger partial charge is 0.508 e. The number of Topliss-reactive ketones (excluding diaryl/α,β-unsaturated/α-hetero) is 2. The van der Waals surface area contributed by atoms with Gasteiger partial charge in [0.25, 0.3) is 0 Å². The highest BCUT2D eigenvalue weighted by atomic mass is 16.7. The van der Waals surface area contributed by atoms with Crippen LogP contribution in [0, 0.1) is 5.41 Å². The van der Waals surface area contributed by atoms with Crippen LogP contribution in [-0.4, -0.2) is 124 Å². The third-order valence-corrected chi connectivity index (χ3v) is 15.8. The zero-order valence-corrected chi connectivity index (χ0v) is 34.1. The van der Waals surface area contributed by atoms with Crippen LogP contribution in [0.5, 0.6) is 23.0 Å². The van der Waals surface area contributed by atoms with E-state index >= 15 is 0 Å². The van der Waals surface area contributed by atoms with Gasteiger partial charge in [0.1, 0.15) is 24.4 Å². The molecule has 14 heteroatoms. The molecule has 2 saturated heterocycles. The third-order valence-electron chi connectivity index (χ3n) is 15.8. The van der Waals surface area contributed by atoms with Crippen LogP contribution in [0.25, 0.3) is 0 Å². The van der Waals surface area contributed by atoms with Gasteiger partial charge in [-0.1, -0.05) is 26.0 Å². The summed E-state index contributed by atoms with van der Waals surface area (Å²) < 4.78 is 49.4. The van der Waals surface area contributed by atoms with Gasteiger partial charge < -0.3 is 37.9 Å². The van der Waals surface area contributed by atoms with Crippen molar-refractivity contribution in [1.82, 2.24) is 9.80 Å². The highest BCUT2D eigenvalue weighted by Gasteiger charge is 2.77. The van der Waals surface area contributed by atoms with E-state index < -0.39 is 52.0 Å². The zero-order chi connectivity index (χ0) is 40.6. The van der Waals surface area contributed by atoms with Gasteiger partial charge in [-0.2, -0.15) is 0 Å². The van der Waals surface area contributed by atoms with E-state index in [1.165, 1.54) is 0 Å². The minimum Gasteiger partial charge on any atom is -0.493 e. The van der Waals surface area contributed by atoms with Gasteiger partial charge in [-0.05, 0) is 95.4 Å². The molecule has 0 N–H and O–H groups in total. The fourth-order valence-electron chi connectivity index (χ4n) is 12.8. The summed E-state index contributed by atoms with van der Waals surface area (Å²) >= 11 is 0. The number of hydrogen-bond donors (Lipinski definition) is 0. The molecule has 2 unspecified atom stereocenters. The summed E-state index contributed by atoms with van der Waals surface area (Å²) in [7, 11) is 7.24. The predicted octanol–water partition coefficient (Wildman–Crippen LogP) is 4.85. The van der Waals surface area contributed by atoms with Crippen LogP contribution < -0.4 is 18.9 Å². The van der Waals surface area contributed by atoms with Crippen LogP contribution in [0.15, 0.2) is 24.3 Å². The molecule has 8 atom stereocenters. The molecular weight excluding hydrogens is 748 g/mol. The lowest BCUT2D eigenvalue weighted by molar-refractivity contribution is -0.197. The van der Waals surface area contributed by atoms with Crippen molar-refractivity contribution < 1.29 is 57.1 Å². The van der Waals surface area contributed by atoms with Crippen molar-refractivity contribution in [2.75, 3.05) is 54.6 Å². The first-order valence-electron chi connectivity index (χ1n) is 20.7. The Kier molecular flexibility index (Phi) is 8.27. The smallest absolute Gasteiger partial charge is 0.493 e. The van der Waals surface area contributed by atoms with Crippen LogP contribution in [0.1, 0.15) is 81.0 Å². The molecule has 4 fully saturated rings. The Morgan fingerprint density at radius 3 is 1.55 bits per heavy atom. The molecule has 14 nitrogen and oxygen atoms in total. The van der Waals surface area contributed by atoms with Crippen LogP contribution in [0.4, 0.5) is 9.59 Å². The minimum atomic E-state index is -1.07. The molecule has 0 amide bonds. The van der Waals surface area contributed by atoms with Gasteiger partial charge in [0.05, 0.1) is 37.1 Å². The molecule has 2 saturated carbocycles. The Hall–Kier alpha value is -4.56. The zero-order valence-electron chi connectivity index (χ0n) is 34.1. The number of carbonyl (C=O) groups excluding carboxylic acids is 4. The number of carbonyl (C=O) groups is 4. The summed E-state index contributed by atoms with van der Waals surface area (Å²) in [6.45, 7) is 5.07. The van der Waals surface area contributed by atoms with Crippen molar-refractivity contribution in [2.45, 2.75) is 118 Å². The fourth-order valence-corrected chi connectivity index (χ4v) is 12.8. The quantitative estimate of drug-likeness (QED) is 0.318. The van der Waals surface area contributed by atoms with Gasteiger partial charge in [-0.15, -0.1) is 0 Å². The number of likely N-dealkylation sites (tertiary alicyclic amines) is 2. The van der Waals surface area contributed by atoms with Crippen molar-refractivity contribution in [2.24, 2.45) is 5.41 Å². The second-order valence-electron chi connectivity index (χ2n) is 18.3. The normalized spacial score (nSPS) is 35.7. The maximum absolute atomic E-state index is 14.0. The average molecular weight is 801 g/mol. The number of likely N-dealkylation sites (N-methyl/N-ethyl adjacent to an activating group) is 2. The highest BCUT2D eigenvalue weighted by Crippen LogP contribution is 2.67. The van der Waals surface area contributed by atoms with Crippen LogP contribution in [0.3, 0.4) is 0 Å². The number of hydrogen-bond acceptors (Lipinski definition) is 14. The van der Waals surface area contributed by atoms with E-state index in [0.717, 1.165) is 22.3 Å². The summed E-state index contributed by atoms with van der Waals surface area (Å²) in [4.78, 5) is 59.7. The molecule has 2 aromatic carbocycles. The van der Waals surface area contributed by atoms with Crippen LogP contribution in [0.2, 0.25) is 0 Å². The van der Waals surface area contributed by atoms with Crippen LogP contribution in [-0.2, 0) is 52.2 Å². The molecule has 4 aliphatic carbocycles. The van der Waals surface area contributed by atoms with Crippen molar-refractivity contribution in [3.8, 4) is 23.0 Å². The Morgan fingerprint density at radius 2 is 1.16 bits per heavy atom. The number of nitrogens with zero attached hydrogens (tertiary/aromatic N) is 2. The van der Waals surface area contributed by atoms with Crippen LogP contribution >= 0.6 is 0 Å². The maximum atomic E-state index is 14.0. The van der Waals surface area contributed by atoms with Crippen molar-refractivity contribution in [3.05, 3.63) is 46.5 Å². The summed E-state index contributed by atoms with van der Waals surface area (Å²) in [5, 5.41) is 0. The van der Waals surface area contributed by atoms with E-state index in [0.29, 0.717) is 81.0 Å². The standard InChI is InChI=1S/C44H52N2O12/c1-7-40(2,22-53-38(49)57-43-14-12-26(47)36-41(43)16-18-45(3)30(43)20-24-8-10-28(51-5)34(55-36)32(24)41)23-54-39(50)58-44-15-13-27(48)37-42(44)17-19-46(4)31(44)21-25-9-11-29(52-6)35(56-37)33(25)42/h8-11,30-31,36-37H,7,12-23H2,1-6H3/t30?,31?,36-,37-,40?,41-,42-,43-,44-/m0/s1. The number of methoxy groups -OCH3 is 2. The fraction of sp³-hybridized carbons (Fsp3) is 0.636. The number of benzene rings is 2. The molecule has 4 heterocycles. The molecule has 4 bridgehead atoms. The molecule has 310 valence electrons. The van der Waals surface area contributed by atoms with E-state index in [9.17, 15) is 19.2 Å². The lowest BCUT2D eigenvalue weighted by Crippen LogP contribution is -2.77. The Morgan fingerprint density at radius 1 is 0.724 bits per heavy atom. The molecular formula is C44H52N2O12. The Balaban J connectivity index is 0.876. The number of rotatable bonds is 9. The molecule has 0 aromatic heterocycles. The lowest BCUT2D eigenvalue weighted by Gasteiger charge is -2.62. The second-order valence-corrected chi connectivity index (χ2v) is 18.3. The number of piperidine rings is 2. The predicted molar refractivity (Wildman–Crippen MR) is 205 cm³/mol. The van der Waals surface area contributed by atoms with Crippen molar-refractivity contribution >= 4 is 23.9 Å². The van der Waals surface area contributed by atoms with E-state index in [1.54, 1.807) is 14.2 Å². The van der Waals surface area contributed by atoms with Crippen molar-refractivity contribution in [1.29, 1.82) is 0 Å². The third kappa shape index (κ3) is 4.61. The Labute approximate surface area is 337 Å². The molecule has 8 aliphatic rings. The molecule has 0 radical (unpaired) electrons. The SMILES string of the molecule is CCC(C)(COC(=O)O[C@]12CCC(=O)[C@@H]3Oc4c(OC)ccc5c4[C@@]31CCN(C)C2C5)COC(=O)O[C@]12CCC(=O)[C@@H]3Oc4c(OC)ccc5c4[C@@]31CCN(C)C2C5. The Bertz CT molecular complexity index is 2000. The monoisotopic (exact) mass is 800 g/mol. The average Bonchev–Trinajstić information content (AvgIpc) is 3.77. The summed E-state index contributed by atoms with van der Waals surface area (Å²) in [6, 6.07) is 7.45. The summed E-state index contributed by atoms with van der Waals surface area (Å²) in [5.74, 6) is 2.23.